The standard InChI is InChI=1S/C21H13N3O3S/c22-12-14(28-21-23-17-7-3-4-8-18(17)24-21)11-13-9-10-19(27-13)15-5-1-2-6-16(15)20(25)26/h1-11H,(H,23,24)(H,25,26)/b14-11+. The minimum absolute atomic E-state index is 0.157. The van der Waals surface area contributed by atoms with Gasteiger partial charge in [0.15, 0.2) is 5.16 Å². The maximum Gasteiger partial charge on any atom is 0.336 e. The van der Waals surface area contributed by atoms with Crippen molar-refractivity contribution in [2.24, 2.45) is 0 Å². The van der Waals surface area contributed by atoms with Crippen molar-refractivity contribution in [1.29, 1.82) is 5.26 Å². The van der Waals surface area contributed by atoms with E-state index in [2.05, 4.69) is 16.0 Å². The molecule has 0 fully saturated rings. The number of rotatable bonds is 5. The number of thioether (sulfide) groups is 1. The van der Waals surface area contributed by atoms with E-state index in [-0.39, 0.29) is 5.56 Å². The third kappa shape index (κ3) is 3.54. The molecule has 2 N–H and O–H groups in total. The molecule has 0 atom stereocenters. The van der Waals surface area contributed by atoms with E-state index < -0.39 is 5.97 Å². The molecule has 0 spiro atoms. The lowest BCUT2D eigenvalue weighted by atomic mass is 10.1. The third-order valence-electron chi connectivity index (χ3n) is 4.01. The first-order chi connectivity index (χ1) is 13.6. The number of fused-ring (bicyclic) bond motifs is 1. The lowest BCUT2D eigenvalue weighted by Crippen LogP contribution is -1.98. The van der Waals surface area contributed by atoms with Gasteiger partial charge in [0, 0.05) is 11.6 Å². The Labute approximate surface area is 164 Å². The van der Waals surface area contributed by atoms with Crippen LogP contribution in [0.4, 0.5) is 0 Å². The van der Waals surface area contributed by atoms with Gasteiger partial charge in [-0.3, -0.25) is 0 Å². The molecular weight excluding hydrogens is 374 g/mol. The minimum Gasteiger partial charge on any atom is -0.478 e. The van der Waals surface area contributed by atoms with Crippen LogP contribution in [-0.4, -0.2) is 21.0 Å². The fraction of sp³-hybridized carbons (Fsp3) is 0. The van der Waals surface area contributed by atoms with E-state index in [9.17, 15) is 15.2 Å². The molecule has 0 saturated heterocycles. The molecule has 4 rings (SSSR count). The molecule has 0 unspecified atom stereocenters. The number of imidazole rings is 1. The predicted molar refractivity (Wildman–Crippen MR) is 107 cm³/mol. The van der Waals surface area contributed by atoms with Gasteiger partial charge in [0.25, 0.3) is 0 Å². The van der Waals surface area contributed by atoms with Gasteiger partial charge in [-0.1, -0.05) is 30.3 Å². The van der Waals surface area contributed by atoms with E-state index in [0.717, 1.165) is 11.0 Å². The molecule has 0 aliphatic carbocycles. The van der Waals surface area contributed by atoms with Crippen LogP contribution in [0.15, 0.2) is 75.1 Å². The first kappa shape index (κ1) is 17.6. The number of furan rings is 1. The fourth-order valence-corrected chi connectivity index (χ4v) is 3.49. The van der Waals surface area contributed by atoms with E-state index in [1.165, 1.54) is 17.8 Å². The number of nitriles is 1. The molecule has 2 aromatic heterocycles. The van der Waals surface area contributed by atoms with E-state index in [0.29, 0.717) is 27.1 Å². The Balaban J connectivity index is 1.61. The van der Waals surface area contributed by atoms with Crippen molar-refractivity contribution in [2.75, 3.05) is 0 Å². The summed E-state index contributed by atoms with van der Waals surface area (Å²) in [5.74, 6) is -0.145. The van der Waals surface area contributed by atoms with Crippen molar-refractivity contribution in [2.45, 2.75) is 5.16 Å². The second kappa shape index (κ2) is 7.47. The molecule has 4 aromatic rings. The number of carboxylic acid groups (broad SMARTS) is 1. The number of hydrogen-bond acceptors (Lipinski definition) is 5. The van der Waals surface area contributed by atoms with Crippen LogP contribution in [0.2, 0.25) is 0 Å². The van der Waals surface area contributed by atoms with Gasteiger partial charge in [0.05, 0.1) is 21.5 Å². The number of aromatic amines is 1. The summed E-state index contributed by atoms with van der Waals surface area (Å²) in [6, 6.07) is 19.8. The van der Waals surface area contributed by atoms with Crippen LogP contribution in [0.5, 0.6) is 0 Å². The molecule has 0 amide bonds. The van der Waals surface area contributed by atoms with E-state index in [1.54, 1.807) is 36.4 Å². The molecule has 28 heavy (non-hydrogen) atoms. The molecule has 0 bridgehead atoms. The van der Waals surface area contributed by atoms with Crippen LogP contribution in [-0.2, 0) is 0 Å². The summed E-state index contributed by atoms with van der Waals surface area (Å²) < 4.78 is 5.75. The number of carbonyl (C=O) groups is 1. The summed E-state index contributed by atoms with van der Waals surface area (Å²) >= 11 is 1.20. The average molecular weight is 387 g/mol. The largest absolute Gasteiger partial charge is 0.478 e. The Morgan fingerprint density at radius 1 is 1.14 bits per heavy atom. The van der Waals surface area contributed by atoms with Crippen molar-refractivity contribution in [3.05, 3.63) is 76.9 Å². The third-order valence-corrected chi connectivity index (χ3v) is 4.82. The second-order valence-corrected chi connectivity index (χ2v) is 6.86. The molecule has 7 heteroatoms. The minimum atomic E-state index is -1.03. The zero-order valence-corrected chi connectivity index (χ0v) is 15.2. The molecule has 0 aliphatic heterocycles. The normalized spacial score (nSPS) is 11.5. The number of carboxylic acids is 1. The van der Waals surface area contributed by atoms with Crippen LogP contribution in [0.25, 0.3) is 28.4 Å². The van der Waals surface area contributed by atoms with Crippen LogP contribution in [0.1, 0.15) is 16.1 Å². The number of hydrogen-bond donors (Lipinski definition) is 2. The number of aromatic nitrogens is 2. The Hall–Kier alpha value is -3.76. The zero-order chi connectivity index (χ0) is 19.5. The maximum absolute atomic E-state index is 11.4. The molecule has 0 aliphatic rings. The monoisotopic (exact) mass is 387 g/mol. The lowest BCUT2D eigenvalue weighted by molar-refractivity contribution is 0.0697. The molecule has 0 saturated carbocycles. The van der Waals surface area contributed by atoms with E-state index in [1.807, 2.05) is 24.3 Å². The van der Waals surface area contributed by atoms with E-state index in [4.69, 9.17) is 4.42 Å². The van der Waals surface area contributed by atoms with Gasteiger partial charge in [0.1, 0.15) is 17.6 Å². The first-order valence-electron chi connectivity index (χ1n) is 8.31. The molecule has 2 heterocycles. The molecule has 6 nitrogen and oxygen atoms in total. The van der Waals surface area contributed by atoms with Crippen molar-refractivity contribution in [1.82, 2.24) is 9.97 Å². The summed E-state index contributed by atoms with van der Waals surface area (Å²) in [5.41, 5.74) is 2.36. The Bertz CT molecular complexity index is 1210. The summed E-state index contributed by atoms with van der Waals surface area (Å²) in [6.07, 6.45) is 1.60. The number of nitrogens with zero attached hydrogens (tertiary/aromatic N) is 2. The highest BCUT2D eigenvalue weighted by molar-refractivity contribution is 8.03. The topological polar surface area (TPSA) is 103 Å². The number of nitrogens with one attached hydrogen (secondary N) is 1. The summed E-state index contributed by atoms with van der Waals surface area (Å²) in [4.78, 5) is 19.4. The van der Waals surface area contributed by atoms with Crippen molar-refractivity contribution < 1.29 is 14.3 Å². The SMILES string of the molecule is N#C/C(=C\c1ccc(-c2ccccc2C(=O)O)o1)Sc1nc2ccccc2[nH]1. The lowest BCUT2D eigenvalue weighted by Gasteiger charge is -2.02. The van der Waals surface area contributed by atoms with Crippen molar-refractivity contribution in [3.8, 4) is 17.4 Å². The summed E-state index contributed by atoms with van der Waals surface area (Å²) in [5, 5.41) is 19.4. The maximum atomic E-state index is 11.4. The van der Waals surface area contributed by atoms with Crippen LogP contribution >= 0.6 is 11.8 Å². The van der Waals surface area contributed by atoms with Crippen molar-refractivity contribution >= 4 is 34.8 Å². The smallest absolute Gasteiger partial charge is 0.336 e. The van der Waals surface area contributed by atoms with Crippen LogP contribution < -0.4 is 0 Å². The Kier molecular flexibility index (Phi) is 4.70. The van der Waals surface area contributed by atoms with Crippen LogP contribution in [0.3, 0.4) is 0 Å². The molecular formula is C21H13N3O3S. The van der Waals surface area contributed by atoms with Crippen molar-refractivity contribution in [3.63, 3.8) is 0 Å². The van der Waals surface area contributed by atoms with E-state index >= 15 is 0 Å². The van der Waals surface area contributed by atoms with Gasteiger partial charge in [-0.2, -0.15) is 5.26 Å². The van der Waals surface area contributed by atoms with Gasteiger partial charge >= 0.3 is 5.97 Å². The number of H-pyrrole nitrogens is 1. The average Bonchev–Trinajstić information content (AvgIpc) is 3.33. The number of benzene rings is 2. The molecule has 0 radical (unpaired) electrons. The Morgan fingerprint density at radius 2 is 1.93 bits per heavy atom. The zero-order valence-electron chi connectivity index (χ0n) is 14.4. The summed E-state index contributed by atoms with van der Waals surface area (Å²) in [6.45, 7) is 0. The van der Waals surface area contributed by atoms with Gasteiger partial charge < -0.3 is 14.5 Å². The van der Waals surface area contributed by atoms with Gasteiger partial charge in [-0.05, 0) is 42.1 Å². The quantitative estimate of drug-likeness (QED) is 0.361. The Morgan fingerprint density at radius 3 is 2.71 bits per heavy atom. The number of aromatic carboxylic acids is 1. The highest BCUT2D eigenvalue weighted by Gasteiger charge is 2.14. The van der Waals surface area contributed by atoms with Gasteiger partial charge in [-0.15, -0.1) is 0 Å². The number of allylic oxidation sites excluding steroid dienone is 1. The van der Waals surface area contributed by atoms with Gasteiger partial charge in [-0.25, -0.2) is 9.78 Å². The molecule has 2 aromatic carbocycles. The van der Waals surface area contributed by atoms with Crippen LogP contribution in [0, 0.1) is 11.3 Å². The highest BCUT2D eigenvalue weighted by Crippen LogP contribution is 2.30. The molecule has 136 valence electrons. The highest BCUT2D eigenvalue weighted by atomic mass is 32.2. The first-order valence-corrected chi connectivity index (χ1v) is 9.12. The fourth-order valence-electron chi connectivity index (χ4n) is 2.76. The second-order valence-electron chi connectivity index (χ2n) is 5.83. The van der Waals surface area contributed by atoms with Gasteiger partial charge in [0.2, 0.25) is 0 Å². The summed E-state index contributed by atoms with van der Waals surface area (Å²) in [7, 11) is 0. The number of para-hydroxylation sites is 2. The predicted octanol–water partition coefficient (Wildman–Crippen LogP) is 5.18.